The van der Waals surface area contributed by atoms with Gasteiger partial charge in [0, 0.05) is 25.3 Å². The maximum atomic E-state index is 13.7. The van der Waals surface area contributed by atoms with Crippen LogP contribution in [0.2, 0.25) is 5.15 Å². The third kappa shape index (κ3) is 3.48. The van der Waals surface area contributed by atoms with E-state index >= 15 is 0 Å². The van der Waals surface area contributed by atoms with Crippen LogP contribution in [-0.4, -0.2) is 62.8 Å². The largest absolute Gasteiger partial charge is 0.439 e. The molecule has 0 N–H and O–H groups in total. The standard InChI is InChI=1S/C20H18ClF3N4O4/c21-16-15(18(30)26-5-3-12(4-6-26)28-14(29)9-32-19(28)31)25-17-13(20(22,23)24)7-11(8-27(16)17)10-1-2-10/h7-8,10,12H,1-6,9H2. The van der Waals surface area contributed by atoms with Crippen molar-refractivity contribution in [3.63, 3.8) is 0 Å². The van der Waals surface area contributed by atoms with Gasteiger partial charge in [-0.05, 0) is 43.2 Å². The first-order valence-corrected chi connectivity index (χ1v) is 10.6. The van der Waals surface area contributed by atoms with E-state index in [4.69, 9.17) is 16.3 Å². The average Bonchev–Trinajstić information content (AvgIpc) is 3.48. The molecule has 12 heteroatoms. The Morgan fingerprint density at radius 3 is 2.41 bits per heavy atom. The van der Waals surface area contributed by atoms with Gasteiger partial charge in [0.2, 0.25) is 0 Å². The number of rotatable bonds is 3. The lowest BCUT2D eigenvalue weighted by atomic mass is 10.0. The second-order valence-electron chi connectivity index (χ2n) is 8.25. The van der Waals surface area contributed by atoms with Gasteiger partial charge < -0.3 is 9.64 Å². The Hall–Kier alpha value is -2.82. The fourth-order valence-corrected chi connectivity index (χ4v) is 4.57. The number of carbonyl (C=O) groups excluding carboxylic acids is 3. The van der Waals surface area contributed by atoms with Crippen LogP contribution < -0.4 is 0 Å². The molecule has 2 saturated heterocycles. The van der Waals surface area contributed by atoms with Crippen LogP contribution in [-0.2, 0) is 15.7 Å². The predicted octanol–water partition coefficient (Wildman–Crippen LogP) is 3.47. The highest BCUT2D eigenvalue weighted by atomic mass is 35.5. The van der Waals surface area contributed by atoms with Gasteiger partial charge in [-0.3, -0.25) is 14.0 Å². The number of fused-ring (bicyclic) bond motifs is 1. The Labute approximate surface area is 184 Å². The molecule has 0 atom stereocenters. The molecule has 4 heterocycles. The third-order valence-electron chi connectivity index (χ3n) is 6.14. The number of amides is 3. The fourth-order valence-electron chi connectivity index (χ4n) is 4.32. The number of carbonyl (C=O) groups is 3. The molecule has 3 aliphatic rings. The lowest BCUT2D eigenvalue weighted by Gasteiger charge is -2.34. The van der Waals surface area contributed by atoms with Crippen molar-refractivity contribution in [1.29, 1.82) is 0 Å². The van der Waals surface area contributed by atoms with Crippen LogP contribution in [0.5, 0.6) is 0 Å². The molecular formula is C20H18ClF3N4O4. The summed E-state index contributed by atoms with van der Waals surface area (Å²) in [5.74, 6) is -0.958. The lowest BCUT2D eigenvalue weighted by molar-refractivity contribution is -0.136. The quantitative estimate of drug-likeness (QED) is 0.686. The predicted molar refractivity (Wildman–Crippen MR) is 104 cm³/mol. The maximum Gasteiger partial charge on any atom is 0.419 e. The molecule has 3 amide bonds. The van der Waals surface area contributed by atoms with E-state index in [1.807, 2.05) is 0 Å². The third-order valence-corrected chi connectivity index (χ3v) is 6.50. The Balaban J connectivity index is 1.41. The molecule has 0 aromatic carbocycles. The molecule has 5 rings (SSSR count). The van der Waals surface area contributed by atoms with Gasteiger partial charge in [-0.25, -0.2) is 14.7 Å². The number of halogens is 4. The topological polar surface area (TPSA) is 84.2 Å². The van der Waals surface area contributed by atoms with E-state index in [1.54, 1.807) is 0 Å². The van der Waals surface area contributed by atoms with Crippen molar-refractivity contribution in [3.8, 4) is 0 Å². The fraction of sp³-hybridized carbons (Fsp3) is 0.500. The Morgan fingerprint density at radius 1 is 1.16 bits per heavy atom. The van der Waals surface area contributed by atoms with Crippen LogP contribution in [0.3, 0.4) is 0 Å². The molecule has 0 spiro atoms. The molecule has 8 nitrogen and oxygen atoms in total. The van der Waals surface area contributed by atoms with Crippen LogP contribution in [0.25, 0.3) is 5.65 Å². The summed E-state index contributed by atoms with van der Waals surface area (Å²) in [5.41, 5.74) is -1.06. The highest BCUT2D eigenvalue weighted by Gasteiger charge is 2.41. The van der Waals surface area contributed by atoms with Crippen LogP contribution in [0.1, 0.15) is 53.2 Å². The first-order valence-electron chi connectivity index (χ1n) is 10.2. The molecule has 0 radical (unpaired) electrons. The Kier molecular flexibility index (Phi) is 4.84. The van der Waals surface area contributed by atoms with E-state index in [2.05, 4.69) is 4.98 Å². The van der Waals surface area contributed by atoms with Gasteiger partial charge in [-0.1, -0.05) is 11.6 Å². The minimum atomic E-state index is -4.64. The molecular weight excluding hydrogens is 453 g/mol. The molecule has 0 unspecified atom stereocenters. The van der Waals surface area contributed by atoms with E-state index in [1.165, 1.54) is 11.1 Å². The normalized spacial score (nSPS) is 20.4. The number of hydrogen-bond donors (Lipinski definition) is 0. The zero-order valence-electron chi connectivity index (χ0n) is 16.7. The molecule has 170 valence electrons. The molecule has 3 fully saturated rings. The SMILES string of the molecule is O=C(c1nc2c(C(F)(F)F)cc(C3CC3)cn2c1Cl)N1CCC(N2C(=O)COC2=O)CC1. The highest BCUT2D eigenvalue weighted by molar-refractivity contribution is 6.33. The number of nitrogens with zero attached hydrogens (tertiary/aromatic N) is 4. The van der Waals surface area contributed by atoms with Gasteiger partial charge in [0.15, 0.2) is 17.9 Å². The second-order valence-corrected chi connectivity index (χ2v) is 8.60. The summed E-state index contributed by atoms with van der Waals surface area (Å²) in [6.45, 7) is 0.105. The monoisotopic (exact) mass is 470 g/mol. The van der Waals surface area contributed by atoms with Crippen LogP contribution >= 0.6 is 11.6 Å². The van der Waals surface area contributed by atoms with Gasteiger partial charge in [-0.2, -0.15) is 13.2 Å². The number of piperidine rings is 1. The van der Waals surface area contributed by atoms with Crippen molar-refractivity contribution in [2.24, 2.45) is 0 Å². The van der Waals surface area contributed by atoms with Crippen molar-refractivity contribution in [3.05, 3.63) is 34.2 Å². The Morgan fingerprint density at radius 2 is 1.84 bits per heavy atom. The number of aromatic nitrogens is 2. The summed E-state index contributed by atoms with van der Waals surface area (Å²) < 4.78 is 46.9. The molecule has 1 aliphatic carbocycles. The van der Waals surface area contributed by atoms with Crippen molar-refractivity contribution in [1.82, 2.24) is 19.2 Å². The Bertz CT molecular complexity index is 1120. The number of imidazole rings is 1. The summed E-state index contributed by atoms with van der Waals surface area (Å²) in [5, 5.41) is -0.168. The van der Waals surface area contributed by atoms with Gasteiger partial charge in [0.05, 0.1) is 5.56 Å². The van der Waals surface area contributed by atoms with Gasteiger partial charge >= 0.3 is 12.3 Å². The van der Waals surface area contributed by atoms with E-state index in [0.717, 1.165) is 28.2 Å². The zero-order chi connectivity index (χ0) is 22.8. The van der Waals surface area contributed by atoms with Gasteiger partial charge in [0.25, 0.3) is 11.8 Å². The maximum absolute atomic E-state index is 13.7. The molecule has 32 heavy (non-hydrogen) atoms. The van der Waals surface area contributed by atoms with Crippen molar-refractivity contribution >= 4 is 35.2 Å². The van der Waals surface area contributed by atoms with Crippen molar-refractivity contribution in [2.45, 2.75) is 43.8 Å². The minimum Gasteiger partial charge on any atom is -0.439 e. The summed E-state index contributed by atoms with van der Waals surface area (Å²) in [6.07, 6.45) is -1.55. The van der Waals surface area contributed by atoms with Crippen LogP contribution in [0.15, 0.2) is 12.3 Å². The number of likely N-dealkylation sites (tertiary alicyclic amines) is 1. The highest BCUT2D eigenvalue weighted by Crippen LogP contribution is 2.43. The van der Waals surface area contributed by atoms with E-state index < -0.39 is 41.3 Å². The number of cyclic esters (lactones) is 1. The van der Waals surface area contributed by atoms with Gasteiger partial charge in [-0.15, -0.1) is 0 Å². The number of pyridine rings is 1. The summed E-state index contributed by atoms with van der Waals surface area (Å²) >= 11 is 6.33. The summed E-state index contributed by atoms with van der Waals surface area (Å²) in [6, 6.07) is 0.693. The average molecular weight is 471 g/mol. The van der Waals surface area contributed by atoms with E-state index in [9.17, 15) is 27.6 Å². The van der Waals surface area contributed by atoms with Gasteiger partial charge in [0.1, 0.15) is 5.15 Å². The summed E-state index contributed by atoms with van der Waals surface area (Å²) in [4.78, 5) is 43.1. The number of imide groups is 1. The smallest absolute Gasteiger partial charge is 0.419 e. The van der Waals surface area contributed by atoms with Crippen molar-refractivity contribution < 1.29 is 32.3 Å². The van der Waals surface area contributed by atoms with Crippen LogP contribution in [0, 0.1) is 0 Å². The van der Waals surface area contributed by atoms with Crippen molar-refractivity contribution in [2.75, 3.05) is 19.7 Å². The molecule has 2 aromatic rings. The van der Waals surface area contributed by atoms with Crippen LogP contribution in [0.4, 0.5) is 18.0 Å². The zero-order valence-corrected chi connectivity index (χ0v) is 17.4. The lowest BCUT2D eigenvalue weighted by Crippen LogP contribution is -2.48. The molecule has 1 saturated carbocycles. The second kappa shape index (κ2) is 7.36. The van der Waals surface area contributed by atoms with E-state index in [0.29, 0.717) is 18.4 Å². The molecule has 2 aromatic heterocycles. The molecule has 0 bridgehead atoms. The van der Waals surface area contributed by atoms with E-state index in [-0.39, 0.29) is 36.5 Å². The number of alkyl halides is 3. The minimum absolute atomic E-state index is 0.0529. The number of hydrogen-bond acceptors (Lipinski definition) is 5. The molecule has 2 aliphatic heterocycles. The first kappa shape index (κ1) is 21.0. The summed E-state index contributed by atoms with van der Waals surface area (Å²) in [7, 11) is 0. The first-order chi connectivity index (χ1) is 15.1. The number of ether oxygens (including phenoxy) is 1.